The number of ether oxygens (including phenoxy) is 1. The van der Waals surface area contributed by atoms with Crippen LogP contribution in [0.2, 0.25) is 10.0 Å². The molecule has 4 rings (SSSR count). The van der Waals surface area contributed by atoms with E-state index in [0.29, 0.717) is 34.2 Å². The number of carbonyl (C=O) groups excluding carboxylic acids is 1. The summed E-state index contributed by atoms with van der Waals surface area (Å²) in [7, 11) is -1.52. The molecule has 0 radical (unpaired) electrons. The van der Waals surface area contributed by atoms with E-state index < -0.39 is 22.7 Å². The van der Waals surface area contributed by atoms with Crippen molar-refractivity contribution in [3.05, 3.63) is 62.9 Å². The number of amides is 1. The topological polar surface area (TPSA) is 67.4 Å². The number of piperidine rings is 1. The third-order valence-corrected chi connectivity index (χ3v) is 6.77. The Bertz CT molecular complexity index is 1010. The molecule has 1 atom stereocenters. The van der Waals surface area contributed by atoms with Crippen LogP contribution in [-0.4, -0.2) is 36.1 Å². The van der Waals surface area contributed by atoms with Gasteiger partial charge in [0.2, 0.25) is 0 Å². The van der Waals surface area contributed by atoms with E-state index in [4.69, 9.17) is 27.9 Å². The van der Waals surface area contributed by atoms with Gasteiger partial charge in [0.1, 0.15) is 22.6 Å². The number of rotatable bonds is 7. The molecule has 1 unspecified atom stereocenters. The van der Waals surface area contributed by atoms with Gasteiger partial charge in [-0.3, -0.25) is 9.52 Å². The first-order valence-corrected chi connectivity index (χ1v) is 13.8. The van der Waals surface area contributed by atoms with Crippen LogP contribution in [0, 0.1) is 11.7 Å². The maximum absolute atomic E-state index is 14.3. The zero-order valence-corrected chi connectivity index (χ0v) is 21.8. The number of benzene rings is 2. The lowest BCUT2D eigenvalue weighted by Crippen LogP contribution is -2.30. The largest absolute Gasteiger partial charge is 0.493 e. The number of halogens is 3. The van der Waals surface area contributed by atoms with Crippen LogP contribution in [0.25, 0.3) is 0 Å². The number of nitrogens with one attached hydrogen (secondary N) is 2. The van der Waals surface area contributed by atoms with Gasteiger partial charge in [0.25, 0.3) is 5.91 Å². The Hall–Kier alpha value is -1.67. The molecule has 2 aromatic rings. The molecule has 1 heterocycles. The predicted octanol–water partition coefficient (Wildman–Crippen LogP) is 5.66. The first-order chi connectivity index (χ1) is 16.3. The molecule has 2 fully saturated rings. The second kappa shape index (κ2) is 12.9. The third-order valence-electron chi connectivity index (χ3n) is 5.86. The Kier molecular flexibility index (Phi) is 10.2. The van der Waals surface area contributed by atoms with Crippen LogP contribution in [0.15, 0.2) is 30.3 Å². The van der Waals surface area contributed by atoms with E-state index in [1.165, 1.54) is 17.9 Å². The molecule has 0 aromatic heterocycles. The van der Waals surface area contributed by atoms with Crippen LogP contribution in [0.3, 0.4) is 0 Å². The molecule has 5 nitrogen and oxygen atoms in total. The lowest BCUT2D eigenvalue weighted by atomic mass is 9.99. The van der Waals surface area contributed by atoms with Crippen molar-refractivity contribution in [1.29, 1.82) is 0 Å². The zero-order valence-electron chi connectivity index (χ0n) is 19.5. The molecule has 2 aromatic carbocycles. The maximum Gasteiger partial charge on any atom is 0.265 e. The molecule has 34 heavy (non-hydrogen) atoms. The highest BCUT2D eigenvalue weighted by Crippen LogP contribution is 2.45. The Morgan fingerprint density at radius 2 is 1.76 bits per heavy atom. The Morgan fingerprint density at radius 1 is 1.12 bits per heavy atom. The fraction of sp³-hybridized carbons (Fsp3) is 0.480. The summed E-state index contributed by atoms with van der Waals surface area (Å²) in [5.41, 5.74) is 2.00. The smallest absolute Gasteiger partial charge is 0.265 e. The fourth-order valence-corrected chi connectivity index (χ4v) is 4.78. The standard InChI is InChI=1S/C17H23FN2O3S.C8H8Cl2/c1-24(22)20-17(21)14-8-13(12-2-3-12)16(9-15(14)18)23-10-11-4-6-19-7-5-11;1-2-6-3-7(9)5-8(10)4-6/h8-9,11-12,19H,2-7,10H2,1H3,(H,20,21);3-5H,2H2,1H3. The molecule has 1 amide bonds. The predicted molar refractivity (Wildman–Crippen MR) is 137 cm³/mol. The van der Waals surface area contributed by atoms with Crippen LogP contribution in [0.5, 0.6) is 5.75 Å². The fourth-order valence-electron chi connectivity index (χ4n) is 3.84. The summed E-state index contributed by atoms with van der Waals surface area (Å²) in [6.07, 6.45) is 6.48. The summed E-state index contributed by atoms with van der Waals surface area (Å²) >= 11 is 11.5. The van der Waals surface area contributed by atoms with Gasteiger partial charge in [0, 0.05) is 22.4 Å². The summed E-state index contributed by atoms with van der Waals surface area (Å²) < 4.78 is 33.6. The molecule has 1 saturated heterocycles. The van der Waals surface area contributed by atoms with Crippen molar-refractivity contribution in [2.75, 3.05) is 26.0 Å². The molecular weight excluding hydrogens is 498 g/mol. The van der Waals surface area contributed by atoms with E-state index in [1.807, 2.05) is 12.1 Å². The lowest BCUT2D eigenvalue weighted by Gasteiger charge is -2.23. The summed E-state index contributed by atoms with van der Waals surface area (Å²) in [5.74, 6) is 0.0599. The summed E-state index contributed by atoms with van der Waals surface area (Å²) in [6.45, 7) is 4.63. The van der Waals surface area contributed by atoms with Gasteiger partial charge in [-0.1, -0.05) is 30.1 Å². The Morgan fingerprint density at radius 3 is 2.32 bits per heavy atom. The molecule has 1 saturated carbocycles. The average Bonchev–Trinajstić information content (AvgIpc) is 3.63. The van der Waals surface area contributed by atoms with Gasteiger partial charge in [-0.2, -0.15) is 0 Å². The average molecular weight is 530 g/mol. The zero-order chi connectivity index (χ0) is 24.7. The van der Waals surface area contributed by atoms with Crippen molar-refractivity contribution in [2.24, 2.45) is 5.92 Å². The highest BCUT2D eigenvalue weighted by molar-refractivity contribution is 7.82. The van der Waals surface area contributed by atoms with Crippen LogP contribution in [0.4, 0.5) is 4.39 Å². The number of carbonyl (C=O) groups is 1. The molecule has 2 N–H and O–H groups in total. The van der Waals surface area contributed by atoms with E-state index in [9.17, 15) is 13.4 Å². The van der Waals surface area contributed by atoms with Crippen LogP contribution in [-0.2, 0) is 17.4 Å². The highest BCUT2D eigenvalue weighted by atomic mass is 35.5. The van der Waals surface area contributed by atoms with Crippen LogP contribution in [0.1, 0.15) is 60.0 Å². The van der Waals surface area contributed by atoms with Crippen molar-refractivity contribution >= 4 is 40.1 Å². The van der Waals surface area contributed by atoms with Gasteiger partial charge in [0.15, 0.2) is 0 Å². The number of hydrogen-bond donors (Lipinski definition) is 2. The van der Waals surface area contributed by atoms with E-state index in [-0.39, 0.29) is 5.56 Å². The molecule has 1 aliphatic carbocycles. The maximum atomic E-state index is 14.3. The van der Waals surface area contributed by atoms with Gasteiger partial charge >= 0.3 is 0 Å². The molecule has 1 aliphatic heterocycles. The molecular formula is C25H31Cl2FN2O3S. The van der Waals surface area contributed by atoms with Crippen LogP contribution < -0.4 is 14.8 Å². The van der Waals surface area contributed by atoms with Gasteiger partial charge in [0.05, 0.1) is 12.2 Å². The minimum atomic E-state index is -1.52. The van der Waals surface area contributed by atoms with Gasteiger partial charge in [-0.05, 0) is 92.4 Å². The van der Waals surface area contributed by atoms with Crippen molar-refractivity contribution in [3.63, 3.8) is 0 Å². The first-order valence-electron chi connectivity index (χ1n) is 11.5. The Labute approximate surface area is 213 Å². The van der Waals surface area contributed by atoms with Crippen molar-refractivity contribution < 1.29 is 18.1 Å². The second-order valence-electron chi connectivity index (χ2n) is 8.67. The van der Waals surface area contributed by atoms with Gasteiger partial charge in [-0.15, -0.1) is 0 Å². The quantitative estimate of drug-likeness (QED) is 0.486. The van der Waals surface area contributed by atoms with Gasteiger partial charge < -0.3 is 10.1 Å². The van der Waals surface area contributed by atoms with Gasteiger partial charge in [-0.25, -0.2) is 8.60 Å². The SMILES string of the molecule is CCc1cc(Cl)cc(Cl)c1.CS(=O)NC(=O)c1cc(C2CC2)c(OCC2CCNCC2)cc1F. The Balaban J connectivity index is 0.000000271. The minimum absolute atomic E-state index is 0.0682. The second-order valence-corrected chi connectivity index (χ2v) is 10.7. The van der Waals surface area contributed by atoms with Crippen molar-refractivity contribution in [2.45, 2.75) is 44.9 Å². The first kappa shape index (κ1) is 26.9. The van der Waals surface area contributed by atoms with Crippen LogP contribution >= 0.6 is 23.2 Å². The summed E-state index contributed by atoms with van der Waals surface area (Å²) in [6, 6.07) is 8.46. The molecule has 2 aliphatic rings. The van der Waals surface area contributed by atoms with E-state index in [0.717, 1.165) is 50.8 Å². The monoisotopic (exact) mass is 528 g/mol. The number of hydrogen-bond acceptors (Lipinski definition) is 4. The molecule has 186 valence electrons. The van der Waals surface area contributed by atoms with E-state index >= 15 is 0 Å². The molecule has 9 heteroatoms. The minimum Gasteiger partial charge on any atom is -0.493 e. The molecule has 0 bridgehead atoms. The summed E-state index contributed by atoms with van der Waals surface area (Å²) in [5, 5.41) is 4.74. The summed E-state index contributed by atoms with van der Waals surface area (Å²) in [4.78, 5) is 12.0. The third kappa shape index (κ3) is 8.22. The lowest BCUT2D eigenvalue weighted by molar-refractivity contribution is 0.0979. The van der Waals surface area contributed by atoms with Crippen molar-refractivity contribution in [3.8, 4) is 5.75 Å². The van der Waals surface area contributed by atoms with E-state index in [1.54, 1.807) is 12.1 Å². The normalized spacial score (nSPS) is 16.9. The van der Waals surface area contributed by atoms with Crippen molar-refractivity contribution in [1.82, 2.24) is 10.0 Å². The molecule has 0 spiro atoms. The highest BCUT2D eigenvalue weighted by Gasteiger charge is 2.30. The number of aryl methyl sites for hydroxylation is 1. The van der Waals surface area contributed by atoms with E-state index in [2.05, 4.69) is 17.0 Å².